The van der Waals surface area contributed by atoms with Crippen molar-refractivity contribution in [1.82, 2.24) is 14.5 Å². The van der Waals surface area contributed by atoms with Gasteiger partial charge in [-0.25, -0.2) is 4.98 Å². The molecule has 3 heterocycles. The summed E-state index contributed by atoms with van der Waals surface area (Å²) in [5.41, 5.74) is 3.10. The highest BCUT2D eigenvalue weighted by molar-refractivity contribution is 7.16. The van der Waals surface area contributed by atoms with E-state index in [1.165, 1.54) is 34.2 Å². The standard InChI is InChI=1S/C22H17ClN4O2S/c1-13-7-9-17(24-11-13)20-14(2)30-22(25-20)26-21(29)15-8-10-19(28)27(12-15)18-6-4-3-5-16(18)23/h3-12H,1-2H3,(H,25,26,29). The molecule has 1 N–H and O–H groups in total. The lowest BCUT2D eigenvalue weighted by atomic mass is 10.2. The minimum absolute atomic E-state index is 0.280. The third-order valence-corrected chi connectivity index (χ3v) is 5.66. The molecule has 30 heavy (non-hydrogen) atoms. The second-order valence-electron chi connectivity index (χ2n) is 6.68. The van der Waals surface area contributed by atoms with E-state index in [1.54, 1.807) is 30.5 Å². The van der Waals surface area contributed by atoms with Gasteiger partial charge in [0.2, 0.25) is 0 Å². The number of nitrogens with one attached hydrogen (secondary N) is 1. The fourth-order valence-electron chi connectivity index (χ4n) is 2.92. The zero-order valence-electron chi connectivity index (χ0n) is 16.2. The minimum Gasteiger partial charge on any atom is -0.298 e. The number of pyridine rings is 2. The predicted octanol–water partition coefficient (Wildman–Crippen LogP) is 4.88. The molecule has 0 atom stereocenters. The average Bonchev–Trinajstić information content (AvgIpc) is 3.09. The Bertz CT molecular complexity index is 1300. The Labute approximate surface area is 181 Å². The topological polar surface area (TPSA) is 76.9 Å². The van der Waals surface area contributed by atoms with E-state index in [4.69, 9.17) is 11.6 Å². The van der Waals surface area contributed by atoms with E-state index in [9.17, 15) is 9.59 Å². The maximum absolute atomic E-state index is 12.8. The third-order valence-electron chi connectivity index (χ3n) is 4.46. The van der Waals surface area contributed by atoms with Crippen LogP contribution in [0.2, 0.25) is 5.02 Å². The Morgan fingerprint density at radius 1 is 1.10 bits per heavy atom. The number of hydrogen-bond acceptors (Lipinski definition) is 5. The number of aryl methyl sites for hydroxylation is 2. The molecule has 1 aromatic carbocycles. The molecule has 0 aliphatic rings. The molecule has 150 valence electrons. The molecule has 8 heteroatoms. The second kappa shape index (κ2) is 8.22. The highest BCUT2D eigenvalue weighted by Crippen LogP contribution is 2.29. The molecule has 0 fully saturated rings. The summed E-state index contributed by atoms with van der Waals surface area (Å²) in [6.45, 7) is 3.90. The van der Waals surface area contributed by atoms with Crippen LogP contribution in [0.25, 0.3) is 17.1 Å². The highest BCUT2D eigenvalue weighted by Gasteiger charge is 2.15. The van der Waals surface area contributed by atoms with Crippen molar-refractivity contribution in [1.29, 1.82) is 0 Å². The second-order valence-corrected chi connectivity index (χ2v) is 8.29. The Hall–Kier alpha value is -3.29. The number of hydrogen-bond donors (Lipinski definition) is 1. The fraction of sp³-hybridized carbons (Fsp3) is 0.0909. The number of amides is 1. The molecule has 1 amide bonds. The van der Waals surface area contributed by atoms with Crippen LogP contribution >= 0.6 is 22.9 Å². The van der Waals surface area contributed by atoms with Gasteiger partial charge in [0.25, 0.3) is 11.5 Å². The number of carbonyl (C=O) groups excluding carboxylic acids is 1. The van der Waals surface area contributed by atoms with Gasteiger partial charge in [0, 0.05) is 23.3 Å². The van der Waals surface area contributed by atoms with Gasteiger partial charge in [-0.3, -0.25) is 24.5 Å². The number of carbonyl (C=O) groups is 1. The summed E-state index contributed by atoms with van der Waals surface area (Å²) in [7, 11) is 0. The Morgan fingerprint density at radius 3 is 2.63 bits per heavy atom. The highest BCUT2D eigenvalue weighted by atomic mass is 35.5. The Morgan fingerprint density at radius 2 is 1.90 bits per heavy atom. The molecule has 0 unspecified atom stereocenters. The normalized spacial score (nSPS) is 10.8. The van der Waals surface area contributed by atoms with Crippen LogP contribution in [0.5, 0.6) is 0 Å². The number of thiazole rings is 1. The maximum Gasteiger partial charge on any atom is 0.258 e. The molecule has 0 saturated carbocycles. The summed E-state index contributed by atoms with van der Waals surface area (Å²) in [5.74, 6) is -0.368. The van der Waals surface area contributed by atoms with Gasteiger partial charge in [-0.2, -0.15) is 0 Å². The van der Waals surface area contributed by atoms with Gasteiger partial charge < -0.3 is 0 Å². The average molecular weight is 437 g/mol. The van der Waals surface area contributed by atoms with Gasteiger partial charge in [-0.05, 0) is 43.7 Å². The molecular weight excluding hydrogens is 420 g/mol. The molecule has 0 saturated heterocycles. The third kappa shape index (κ3) is 4.03. The van der Waals surface area contributed by atoms with Crippen molar-refractivity contribution in [3.8, 4) is 17.1 Å². The van der Waals surface area contributed by atoms with Crippen LogP contribution in [0.1, 0.15) is 20.8 Å². The summed E-state index contributed by atoms with van der Waals surface area (Å²) in [5, 5.41) is 3.69. The first-order valence-electron chi connectivity index (χ1n) is 9.12. The molecule has 6 nitrogen and oxygen atoms in total. The van der Waals surface area contributed by atoms with Gasteiger partial charge in [0.05, 0.1) is 22.0 Å². The lowest BCUT2D eigenvalue weighted by molar-refractivity contribution is 0.102. The Balaban J connectivity index is 1.62. The van der Waals surface area contributed by atoms with Gasteiger partial charge in [0.15, 0.2) is 5.13 Å². The zero-order valence-corrected chi connectivity index (χ0v) is 17.8. The summed E-state index contributed by atoms with van der Waals surface area (Å²) in [4.78, 5) is 34.9. The molecule has 0 bridgehead atoms. The van der Waals surface area contributed by atoms with Gasteiger partial charge >= 0.3 is 0 Å². The van der Waals surface area contributed by atoms with E-state index in [1.807, 2.05) is 26.0 Å². The molecular formula is C22H17ClN4O2S. The molecule has 0 spiro atoms. The van der Waals surface area contributed by atoms with Gasteiger partial charge in [-0.15, -0.1) is 11.3 Å². The van der Waals surface area contributed by atoms with E-state index in [0.717, 1.165) is 21.8 Å². The monoisotopic (exact) mass is 436 g/mol. The smallest absolute Gasteiger partial charge is 0.258 e. The maximum atomic E-state index is 12.8. The van der Waals surface area contributed by atoms with E-state index >= 15 is 0 Å². The number of anilines is 1. The van der Waals surface area contributed by atoms with Crippen molar-refractivity contribution in [3.05, 3.63) is 92.3 Å². The van der Waals surface area contributed by atoms with Crippen molar-refractivity contribution in [3.63, 3.8) is 0 Å². The van der Waals surface area contributed by atoms with Crippen LogP contribution in [0.4, 0.5) is 5.13 Å². The number of nitrogens with zero attached hydrogens (tertiary/aromatic N) is 3. The Kier molecular flexibility index (Phi) is 5.48. The predicted molar refractivity (Wildman–Crippen MR) is 120 cm³/mol. The first-order chi connectivity index (χ1) is 14.4. The minimum atomic E-state index is -0.368. The van der Waals surface area contributed by atoms with E-state index in [-0.39, 0.29) is 11.5 Å². The van der Waals surface area contributed by atoms with Crippen molar-refractivity contribution in [2.24, 2.45) is 0 Å². The molecule has 4 rings (SSSR count). The number of benzene rings is 1. The van der Waals surface area contributed by atoms with Crippen LogP contribution in [0.3, 0.4) is 0 Å². The first-order valence-corrected chi connectivity index (χ1v) is 10.3. The fourth-order valence-corrected chi connectivity index (χ4v) is 3.97. The molecule has 0 radical (unpaired) electrons. The summed E-state index contributed by atoms with van der Waals surface area (Å²) < 4.78 is 1.35. The van der Waals surface area contributed by atoms with Crippen LogP contribution in [-0.4, -0.2) is 20.4 Å². The summed E-state index contributed by atoms with van der Waals surface area (Å²) in [6.07, 6.45) is 3.26. The van der Waals surface area contributed by atoms with Crippen molar-refractivity contribution >= 4 is 34.0 Å². The van der Waals surface area contributed by atoms with Crippen molar-refractivity contribution in [2.75, 3.05) is 5.32 Å². The lowest BCUT2D eigenvalue weighted by Crippen LogP contribution is -2.21. The molecule has 0 aliphatic carbocycles. The molecule has 4 aromatic rings. The number of aromatic nitrogens is 3. The van der Waals surface area contributed by atoms with Crippen LogP contribution in [0, 0.1) is 13.8 Å². The SMILES string of the molecule is Cc1ccc(-c2nc(NC(=O)c3ccc(=O)n(-c4ccccc4Cl)c3)sc2C)nc1. The van der Waals surface area contributed by atoms with Crippen LogP contribution < -0.4 is 10.9 Å². The largest absolute Gasteiger partial charge is 0.298 e. The van der Waals surface area contributed by atoms with Crippen LogP contribution in [-0.2, 0) is 0 Å². The number of halogens is 1. The van der Waals surface area contributed by atoms with Gasteiger partial charge in [0.1, 0.15) is 5.69 Å². The number of para-hydroxylation sites is 1. The summed E-state index contributed by atoms with van der Waals surface area (Å²) in [6, 6.07) is 13.7. The molecule has 0 aliphatic heterocycles. The van der Waals surface area contributed by atoms with E-state index in [2.05, 4.69) is 15.3 Å². The van der Waals surface area contributed by atoms with E-state index in [0.29, 0.717) is 21.4 Å². The van der Waals surface area contributed by atoms with E-state index < -0.39 is 0 Å². The number of rotatable bonds is 4. The van der Waals surface area contributed by atoms with Crippen molar-refractivity contribution in [2.45, 2.75) is 13.8 Å². The molecule has 3 aromatic heterocycles. The first kappa shape index (κ1) is 20.0. The quantitative estimate of drug-likeness (QED) is 0.494. The van der Waals surface area contributed by atoms with Gasteiger partial charge in [-0.1, -0.05) is 29.8 Å². The summed E-state index contributed by atoms with van der Waals surface area (Å²) >= 11 is 7.58. The zero-order chi connectivity index (χ0) is 21.3. The van der Waals surface area contributed by atoms with Crippen molar-refractivity contribution < 1.29 is 4.79 Å². The lowest BCUT2D eigenvalue weighted by Gasteiger charge is -2.09. The van der Waals surface area contributed by atoms with Crippen LogP contribution in [0.15, 0.2) is 65.7 Å².